The summed E-state index contributed by atoms with van der Waals surface area (Å²) in [7, 11) is 0. The van der Waals surface area contributed by atoms with E-state index in [0.29, 0.717) is 17.3 Å². The fourth-order valence-electron chi connectivity index (χ4n) is 3.01. The number of benzene rings is 2. The lowest BCUT2D eigenvalue weighted by Crippen LogP contribution is -2.09. The molecule has 0 amide bonds. The molecule has 0 fully saturated rings. The smallest absolute Gasteiger partial charge is 0.229 e. The van der Waals surface area contributed by atoms with E-state index in [-0.39, 0.29) is 11.7 Å². The summed E-state index contributed by atoms with van der Waals surface area (Å²) in [5.74, 6) is 1.19. The van der Waals surface area contributed by atoms with Crippen LogP contribution in [0.25, 0.3) is 0 Å². The Hall–Kier alpha value is -3.72. The highest BCUT2D eigenvalue weighted by Gasteiger charge is 2.14. The molecule has 6 heteroatoms. The van der Waals surface area contributed by atoms with Crippen LogP contribution in [0.4, 0.5) is 23.1 Å². The predicted molar refractivity (Wildman–Crippen MR) is 115 cm³/mol. The molecule has 0 radical (unpaired) electrons. The van der Waals surface area contributed by atoms with Gasteiger partial charge in [0, 0.05) is 29.1 Å². The van der Waals surface area contributed by atoms with Crippen molar-refractivity contribution in [3.05, 3.63) is 70.9 Å². The van der Waals surface area contributed by atoms with E-state index in [1.54, 1.807) is 36.5 Å². The molecule has 0 spiro atoms. The number of carbonyl (C=O) groups is 1. The third-order valence-corrected chi connectivity index (χ3v) is 4.52. The number of ketones is 1. The largest absolute Gasteiger partial charge is 0.340 e. The third kappa shape index (κ3) is 4.77. The van der Waals surface area contributed by atoms with Gasteiger partial charge in [-0.05, 0) is 67.4 Å². The second-order valence-electron chi connectivity index (χ2n) is 7.21. The molecule has 0 aliphatic carbocycles. The summed E-state index contributed by atoms with van der Waals surface area (Å²) in [6, 6.07) is 14.8. The van der Waals surface area contributed by atoms with Crippen LogP contribution in [0.15, 0.2) is 48.7 Å². The number of nitrogens with one attached hydrogen (secondary N) is 2. The number of carbonyl (C=O) groups excluding carboxylic acids is 1. The van der Waals surface area contributed by atoms with E-state index in [0.717, 1.165) is 28.1 Å². The fraction of sp³-hybridized carbons (Fsp3) is 0.217. The van der Waals surface area contributed by atoms with Crippen LogP contribution in [0.3, 0.4) is 0 Å². The first-order chi connectivity index (χ1) is 13.9. The summed E-state index contributed by atoms with van der Waals surface area (Å²) in [5, 5.41) is 15.4. The van der Waals surface area contributed by atoms with E-state index in [1.807, 2.05) is 39.8 Å². The summed E-state index contributed by atoms with van der Waals surface area (Å²) in [4.78, 5) is 21.1. The number of aromatic nitrogens is 2. The maximum absolute atomic E-state index is 12.3. The van der Waals surface area contributed by atoms with Crippen molar-refractivity contribution in [2.24, 2.45) is 5.92 Å². The van der Waals surface area contributed by atoms with Gasteiger partial charge in [-0.25, -0.2) is 4.98 Å². The van der Waals surface area contributed by atoms with Crippen LogP contribution in [0.1, 0.15) is 40.9 Å². The van der Waals surface area contributed by atoms with Crippen LogP contribution >= 0.6 is 0 Å². The lowest BCUT2D eigenvalue weighted by molar-refractivity contribution is 0.0939. The first-order valence-electron chi connectivity index (χ1n) is 9.40. The van der Waals surface area contributed by atoms with Crippen molar-refractivity contribution in [3.63, 3.8) is 0 Å². The number of nitrogens with zero attached hydrogens (tertiary/aromatic N) is 3. The summed E-state index contributed by atoms with van der Waals surface area (Å²) in [5.41, 5.74) is 5.01. The number of anilines is 4. The maximum atomic E-state index is 12.3. The maximum Gasteiger partial charge on any atom is 0.229 e. The molecule has 3 aromatic rings. The number of Topliss-reactive ketones (excluding diaryl/α,β-unsaturated/α-hetero) is 1. The molecule has 2 aromatic carbocycles. The predicted octanol–water partition coefficient (Wildman–Crippen LogP) is 5.29. The van der Waals surface area contributed by atoms with Crippen molar-refractivity contribution in [2.45, 2.75) is 27.7 Å². The molecule has 0 aliphatic rings. The van der Waals surface area contributed by atoms with Crippen LogP contribution in [0.5, 0.6) is 0 Å². The number of rotatable bonds is 6. The van der Waals surface area contributed by atoms with Crippen molar-refractivity contribution < 1.29 is 4.79 Å². The van der Waals surface area contributed by atoms with Gasteiger partial charge in [0.25, 0.3) is 0 Å². The second kappa shape index (κ2) is 8.53. The van der Waals surface area contributed by atoms with Gasteiger partial charge in [0.1, 0.15) is 5.82 Å². The summed E-state index contributed by atoms with van der Waals surface area (Å²) in [6.07, 6.45) is 1.67. The minimum absolute atomic E-state index is 0.0367. The zero-order valence-electron chi connectivity index (χ0n) is 16.9. The molecule has 1 aromatic heterocycles. The van der Waals surface area contributed by atoms with Crippen LogP contribution in [-0.4, -0.2) is 15.8 Å². The highest BCUT2D eigenvalue weighted by molar-refractivity contribution is 5.98. The van der Waals surface area contributed by atoms with Crippen LogP contribution in [-0.2, 0) is 0 Å². The standard InChI is InChI=1S/C23H23N5O/c1-14(2)22(29)18-11-15(3)21(16(4)12-18)27-20-9-10-25-23(28-20)26-19-7-5-17(13-24)6-8-19/h5-12,14H,1-4H3,(H2,25,26,27,28). The molecule has 0 bridgehead atoms. The van der Waals surface area contributed by atoms with E-state index < -0.39 is 0 Å². The molecule has 6 nitrogen and oxygen atoms in total. The van der Waals surface area contributed by atoms with Crippen molar-refractivity contribution in [1.29, 1.82) is 5.26 Å². The fourth-order valence-corrected chi connectivity index (χ4v) is 3.01. The van der Waals surface area contributed by atoms with Crippen LogP contribution in [0.2, 0.25) is 0 Å². The lowest BCUT2D eigenvalue weighted by atomic mass is 9.96. The van der Waals surface area contributed by atoms with E-state index in [2.05, 4.69) is 26.7 Å². The zero-order valence-corrected chi connectivity index (χ0v) is 16.9. The Morgan fingerprint density at radius 3 is 2.28 bits per heavy atom. The minimum atomic E-state index is -0.0367. The number of hydrogen-bond donors (Lipinski definition) is 2. The van der Waals surface area contributed by atoms with Gasteiger partial charge in [-0.2, -0.15) is 10.2 Å². The van der Waals surface area contributed by atoms with Gasteiger partial charge >= 0.3 is 0 Å². The monoisotopic (exact) mass is 385 g/mol. The highest BCUT2D eigenvalue weighted by Crippen LogP contribution is 2.27. The van der Waals surface area contributed by atoms with Gasteiger partial charge in [0.05, 0.1) is 11.6 Å². The Kier molecular flexibility index (Phi) is 5.89. The number of aryl methyl sites for hydroxylation is 2. The van der Waals surface area contributed by atoms with Gasteiger partial charge in [0.15, 0.2) is 5.78 Å². The van der Waals surface area contributed by atoms with Gasteiger partial charge in [-0.15, -0.1) is 0 Å². The van der Waals surface area contributed by atoms with E-state index in [4.69, 9.17) is 5.26 Å². The van der Waals surface area contributed by atoms with E-state index in [9.17, 15) is 4.79 Å². The summed E-state index contributed by atoms with van der Waals surface area (Å²) >= 11 is 0. The van der Waals surface area contributed by atoms with Crippen molar-refractivity contribution >= 4 is 28.9 Å². The van der Waals surface area contributed by atoms with Gasteiger partial charge < -0.3 is 10.6 Å². The third-order valence-electron chi connectivity index (χ3n) is 4.52. The van der Waals surface area contributed by atoms with Gasteiger partial charge in [-0.3, -0.25) is 4.79 Å². The molecule has 0 aliphatic heterocycles. The average molecular weight is 385 g/mol. The van der Waals surface area contributed by atoms with Crippen LogP contribution < -0.4 is 10.6 Å². The molecule has 29 heavy (non-hydrogen) atoms. The topological polar surface area (TPSA) is 90.7 Å². The lowest BCUT2D eigenvalue weighted by Gasteiger charge is -2.15. The summed E-state index contributed by atoms with van der Waals surface area (Å²) in [6.45, 7) is 7.76. The second-order valence-corrected chi connectivity index (χ2v) is 7.21. The van der Waals surface area contributed by atoms with Crippen molar-refractivity contribution in [3.8, 4) is 6.07 Å². The Morgan fingerprint density at radius 1 is 1.03 bits per heavy atom. The van der Waals surface area contributed by atoms with E-state index >= 15 is 0 Å². The Bertz CT molecular complexity index is 1060. The van der Waals surface area contributed by atoms with Gasteiger partial charge in [-0.1, -0.05) is 13.8 Å². The van der Waals surface area contributed by atoms with Crippen molar-refractivity contribution in [1.82, 2.24) is 9.97 Å². The van der Waals surface area contributed by atoms with Gasteiger partial charge in [0.2, 0.25) is 5.95 Å². The Labute approximate surface area is 170 Å². The SMILES string of the molecule is Cc1cc(C(=O)C(C)C)cc(C)c1Nc1ccnc(Nc2ccc(C#N)cc2)n1. The van der Waals surface area contributed by atoms with Crippen LogP contribution in [0, 0.1) is 31.1 Å². The number of hydrogen-bond acceptors (Lipinski definition) is 6. The first-order valence-corrected chi connectivity index (χ1v) is 9.40. The minimum Gasteiger partial charge on any atom is -0.340 e. The molecule has 146 valence electrons. The molecular formula is C23H23N5O. The van der Waals surface area contributed by atoms with E-state index in [1.165, 1.54) is 0 Å². The average Bonchev–Trinajstić information content (AvgIpc) is 2.70. The Morgan fingerprint density at radius 2 is 1.69 bits per heavy atom. The Balaban J connectivity index is 1.81. The molecule has 0 unspecified atom stereocenters. The molecule has 0 saturated heterocycles. The molecular weight excluding hydrogens is 362 g/mol. The highest BCUT2D eigenvalue weighted by atomic mass is 16.1. The molecule has 2 N–H and O–H groups in total. The number of nitriles is 1. The zero-order chi connectivity index (χ0) is 21.0. The quantitative estimate of drug-likeness (QED) is 0.560. The first kappa shape index (κ1) is 20.0. The summed E-state index contributed by atoms with van der Waals surface area (Å²) < 4.78 is 0. The van der Waals surface area contributed by atoms with Crippen molar-refractivity contribution in [2.75, 3.05) is 10.6 Å². The molecule has 3 rings (SSSR count). The molecule has 0 saturated carbocycles. The normalized spacial score (nSPS) is 10.5. The molecule has 0 atom stereocenters. The molecule has 1 heterocycles.